The fraction of sp³-hybridized carbons (Fsp3) is 0.526. The zero-order valence-corrected chi connectivity index (χ0v) is 19.5. The number of piperazine rings is 1. The summed E-state index contributed by atoms with van der Waals surface area (Å²) >= 11 is 1.51. The van der Waals surface area contributed by atoms with Gasteiger partial charge in [-0.3, -0.25) is 4.99 Å². The van der Waals surface area contributed by atoms with Crippen LogP contribution >= 0.6 is 35.5 Å². The van der Waals surface area contributed by atoms with E-state index in [2.05, 4.69) is 67.6 Å². The van der Waals surface area contributed by atoms with Gasteiger partial charge in [-0.2, -0.15) is 4.37 Å². The number of nitrogens with one attached hydrogen (secondary N) is 1. The molecule has 0 bridgehead atoms. The molecule has 148 valence electrons. The number of benzene rings is 1. The number of guanidine groups is 1. The molecule has 6 nitrogen and oxygen atoms in total. The van der Waals surface area contributed by atoms with Gasteiger partial charge in [-0.1, -0.05) is 38.1 Å². The smallest absolute Gasteiger partial charge is 0.205 e. The summed E-state index contributed by atoms with van der Waals surface area (Å²) in [6.45, 7) is 8.88. The fourth-order valence-corrected chi connectivity index (χ4v) is 4.01. The molecule has 1 N–H and O–H groups in total. The molecule has 0 atom stereocenters. The van der Waals surface area contributed by atoms with E-state index in [0.717, 1.165) is 62.5 Å². The molecule has 1 fully saturated rings. The summed E-state index contributed by atoms with van der Waals surface area (Å²) in [5.41, 5.74) is 2.74. The Balaban J connectivity index is 0.00000261. The van der Waals surface area contributed by atoms with E-state index in [0.29, 0.717) is 0 Å². The van der Waals surface area contributed by atoms with E-state index in [1.54, 1.807) is 0 Å². The Kier molecular flexibility index (Phi) is 8.75. The molecular weight excluding hydrogens is 471 g/mol. The monoisotopic (exact) mass is 500 g/mol. The van der Waals surface area contributed by atoms with Gasteiger partial charge in [-0.15, -0.1) is 24.0 Å². The minimum Gasteiger partial charge on any atom is -0.352 e. The van der Waals surface area contributed by atoms with Crippen LogP contribution < -0.4 is 10.2 Å². The Labute approximate surface area is 183 Å². The number of rotatable bonds is 5. The minimum absolute atomic E-state index is 0. The van der Waals surface area contributed by atoms with Crippen molar-refractivity contribution in [1.29, 1.82) is 0 Å². The Morgan fingerprint density at radius 1 is 1.11 bits per heavy atom. The Morgan fingerprint density at radius 3 is 2.41 bits per heavy atom. The van der Waals surface area contributed by atoms with Crippen LogP contribution in [0.15, 0.2) is 29.3 Å². The van der Waals surface area contributed by atoms with Gasteiger partial charge < -0.3 is 15.1 Å². The van der Waals surface area contributed by atoms with E-state index >= 15 is 0 Å². The molecule has 0 saturated carbocycles. The van der Waals surface area contributed by atoms with Crippen molar-refractivity contribution in [3.05, 3.63) is 41.2 Å². The molecule has 0 radical (unpaired) electrons. The molecule has 0 unspecified atom stereocenters. The van der Waals surface area contributed by atoms with Crippen molar-refractivity contribution in [1.82, 2.24) is 19.6 Å². The number of aromatic nitrogens is 2. The van der Waals surface area contributed by atoms with Gasteiger partial charge in [0.1, 0.15) is 5.82 Å². The van der Waals surface area contributed by atoms with Crippen LogP contribution in [0.2, 0.25) is 0 Å². The van der Waals surface area contributed by atoms with E-state index in [-0.39, 0.29) is 24.0 Å². The van der Waals surface area contributed by atoms with Crippen LogP contribution in [0.4, 0.5) is 5.13 Å². The maximum Gasteiger partial charge on any atom is 0.205 e. The summed E-state index contributed by atoms with van der Waals surface area (Å²) in [6, 6.07) is 8.60. The third-order valence-electron chi connectivity index (χ3n) is 4.77. The van der Waals surface area contributed by atoms with Crippen molar-refractivity contribution in [3.8, 4) is 0 Å². The van der Waals surface area contributed by atoms with Gasteiger partial charge in [-0.05, 0) is 17.5 Å². The molecular formula is C19H29IN6S. The van der Waals surface area contributed by atoms with Gasteiger partial charge in [0.05, 0.1) is 0 Å². The number of halogens is 1. The van der Waals surface area contributed by atoms with E-state index in [4.69, 9.17) is 0 Å². The van der Waals surface area contributed by atoms with Crippen LogP contribution in [0.25, 0.3) is 0 Å². The molecule has 27 heavy (non-hydrogen) atoms. The molecule has 1 aromatic carbocycles. The number of anilines is 1. The van der Waals surface area contributed by atoms with Gasteiger partial charge >= 0.3 is 0 Å². The van der Waals surface area contributed by atoms with Crippen molar-refractivity contribution in [3.63, 3.8) is 0 Å². The molecule has 2 aromatic rings. The summed E-state index contributed by atoms with van der Waals surface area (Å²) in [4.78, 5) is 13.7. The predicted molar refractivity (Wildman–Crippen MR) is 125 cm³/mol. The first-order chi connectivity index (χ1) is 12.7. The molecule has 1 aliphatic heterocycles. The predicted octanol–water partition coefficient (Wildman–Crippen LogP) is 3.18. The van der Waals surface area contributed by atoms with Crippen LogP contribution in [0.5, 0.6) is 0 Å². The quantitative estimate of drug-likeness (QED) is 0.389. The highest BCUT2D eigenvalue weighted by Gasteiger charge is 2.22. The topological polar surface area (TPSA) is 56.7 Å². The molecule has 8 heteroatoms. The number of aliphatic imine (C=N–C) groups is 1. The van der Waals surface area contributed by atoms with Crippen LogP contribution in [-0.2, 0) is 19.4 Å². The fourth-order valence-electron chi connectivity index (χ4n) is 3.21. The zero-order valence-electron chi connectivity index (χ0n) is 16.3. The highest BCUT2D eigenvalue weighted by molar-refractivity contribution is 14.0. The first-order valence-corrected chi connectivity index (χ1v) is 10.1. The number of hydrogen-bond acceptors (Lipinski definition) is 5. The lowest BCUT2D eigenvalue weighted by atomic mass is 10.1. The number of aryl methyl sites for hydroxylation is 2. The third-order valence-corrected chi connectivity index (χ3v) is 5.59. The van der Waals surface area contributed by atoms with E-state index in [1.807, 2.05) is 7.05 Å². The summed E-state index contributed by atoms with van der Waals surface area (Å²) in [7, 11) is 1.86. The molecule has 1 aliphatic rings. The lowest BCUT2D eigenvalue weighted by molar-refractivity contribution is 0.372. The first-order valence-electron chi connectivity index (χ1n) is 9.35. The van der Waals surface area contributed by atoms with Crippen molar-refractivity contribution in [2.45, 2.75) is 33.2 Å². The van der Waals surface area contributed by atoms with Gasteiger partial charge in [-0.25, -0.2) is 4.98 Å². The first kappa shape index (κ1) is 21.9. The lowest BCUT2D eigenvalue weighted by Gasteiger charge is -2.36. The van der Waals surface area contributed by atoms with Crippen LogP contribution in [0, 0.1) is 0 Å². The highest BCUT2D eigenvalue weighted by atomic mass is 127. The third kappa shape index (κ3) is 5.54. The van der Waals surface area contributed by atoms with Gasteiger partial charge in [0.2, 0.25) is 5.13 Å². The number of nitrogens with zero attached hydrogens (tertiary/aromatic N) is 5. The van der Waals surface area contributed by atoms with Crippen LogP contribution in [-0.4, -0.2) is 53.4 Å². The maximum atomic E-state index is 4.61. The normalized spacial score (nSPS) is 14.9. The molecule has 2 heterocycles. The van der Waals surface area contributed by atoms with Crippen molar-refractivity contribution >= 4 is 46.6 Å². The highest BCUT2D eigenvalue weighted by Crippen LogP contribution is 2.19. The summed E-state index contributed by atoms with van der Waals surface area (Å²) in [5.74, 6) is 1.92. The summed E-state index contributed by atoms with van der Waals surface area (Å²) < 4.78 is 4.40. The Bertz CT molecular complexity index is 739. The average Bonchev–Trinajstić information content (AvgIpc) is 3.18. The molecule has 0 aliphatic carbocycles. The van der Waals surface area contributed by atoms with Crippen molar-refractivity contribution < 1.29 is 0 Å². The van der Waals surface area contributed by atoms with Crippen LogP contribution in [0.1, 0.15) is 30.8 Å². The summed E-state index contributed by atoms with van der Waals surface area (Å²) in [5, 5.41) is 4.57. The van der Waals surface area contributed by atoms with Crippen molar-refractivity contribution in [2.24, 2.45) is 4.99 Å². The second-order valence-corrected chi connectivity index (χ2v) is 7.07. The van der Waals surface area contributed by atoms with Gasteiger partial charge in [0.25, 0.3) is 0 Å². The second-order valence-electron chi connectivity index (χ2n) is 6.34. The lowest BCUT2D eigenvalue weighted by Crippen LogP contribution is -2.52. The standard InChI is InChI=1S/C19H28N6S.HI/c1-4-15-8-6-7-9-16(15)14-21-18(20-3)24-10-12-25(13-11-24)19-22-17(5-2)23-26-19;/h6-9H,4-5,10-14H2,1-3H3,(H,20,21);1H. The largest absolute Gasteiger partial charge is 0.352 e. The number of hydrogen-bond donors (Lipinski definition) is 1. The zero-order chi connectivity index (χ0) is 18.4. The van der Waals surface area contributed by atoms with Crippen LogP contribution in [0.3, 0.4) is 0 Å². The molecule has 1 aromatic heterocycles. The Morgan fingerprint density at radius 2 is 1.81 bits per heavy atom. The van der Waals surface area contributed by atoms with Gasteiger partial charge in [0.15, 0.2) is 5.96 Å². The maximum absolute atomic E-state index is 4.61. The minimum atomic E-state index is 0. The Hall–Kier alpha value is -1.42. The SMILES string of the molecule is CCc1nsc(N2CCN(C(=NC)NCc3ccccc3CC)CC2)n1.I. The average molecular weight is 500 g/mol. The molecule has 1 saturated heterocycles. The van der Waals surface area contributed by atoms with E-state index < -0.39 is 0 Å². The molecule has 0 spiro atoms. The van der Waals surface area contributed by atoms with Gasteiger partial charge in [0, 0.05) is 57.7 Å². The molecule has 3 rings (SSSR count). The molecule has 0 amide bonds. The van der Waals surface area contributed by atoms with E-state index in [9.17, 15) is 0 Å². The van der Waals surface area contributed by atoms with Crippen molar-refractivity contribution in [2.75, 3.05) is 38.1 Å². The second kappa shape index (κ2) is 10.8. The summed E-state index contributed by atoms with van der Waals surface area (Å²) in [6.07, 6.45) is 1.95. The van der Waals surface area contributed by atoms with E-state index in [1.165, 1.54) is 22.7 Å².